The van der Waals surface area contributed by atoms with Crippen LogP contribution in [0.4, 0.5) is 0 Å². The Hall–Kier alpha value is -2.03. The summed E-state index contributed by atoms with van der Waals surface area (Å²) >= 11 is 5.86. The van der Waals surface area contributed by atoms with Gasteiger partial charge in [0.15, 0.2) is 0 Å². The van der Waals surface area contributed by atoms with E-state index >= 15 is 0 Å². The zero-order valence-electron chi connectivity index (χ0n) is 19.6. The number of carbonyl (C=O) groups is 1. The van der Waals surface area contributed by atoms with Gasteiger partial charge in [-0.2, -0.15) is 0 Å². The molecular formula is C26H34ClN5O2. The van der Waals surface area contributed by atoms with Crippen LogP contribution in [0.5, 0.6) is 0 Å². The Labute approximate surface area is 206 Å². The smallest absolute Gasteiger partial charge is 0.253 e. The van der Waals surface area contributed by atoms with Crippen molar-refractivity contribution < 1.29 is 9.90 Å². The topological polar surface area (TPSA) is 89.5 Å². The molecule has 1 amide bonds. The van der Waals surface area contributed by atoms with Gasteiger partial charge in [0.05, 0.1) is 6.10 Å². The van der Waals surface area contributed by atoms with Crippen LogP contribution < -0.4 is 16.2 Å². The second-order valence-corrected chi connectivity index (χ2v) is 10.5. The number of likely N-dealkylation sites (N-methyl/N-ethyl adjacent to an activating group) is 1. The van der Waals surface area contributed by atoms with Crippen molar-refractivity contribution in [1.82, 2.24) is 26.1 Å². The van der Waals surface area contributed by atoms with Gasteiger partial charge in [-0.1, -0.05) is 36.2 Å². The molecule has 1 aromatic carbocycles. The number of fused-ring (bicyclic) bond motifs is 1. The second-order valence-electron chi connectivity index (χ2n) is 10.1. The van der Waals surface area contributed by atoms with E-state index in [-0.39, 0.29) is 11.9 Å². The Bertz CT molecular complexity index is 986. The largest absolute Gasteiger partial charge is 0.387 e. The number of hydrazine groups is 1. The zero-order valence-corrected chi connectivity index (χ0v) is 20.3. The molecule has 0 bridgehead atoms. The number of aromatic nitrogens is 1. The molecule has 6 atom stereocenters. The third-order valence-electron chi connectivity index (χ3n) is 7.79. The molecule has 0 radical (unpaired) electrons. The van der Waals surface area contributed by atoms with E-state index in [0.717, 1.165) is 30.4 Å². The van der Waals surface area contributed by atoms with Crippen LogP contribution in [0, 0.1) is 5.92 Å². The molecule has 4 N–H and O–H groups in total. The summed E-state index contributed by atoms with van der Waals surface area (Å²) < 4.78 is 0. The number of hydrogen-bond donors (Lipinski definition) is 4. The minimum Gasteiger partial charge on any atom is -0.387 e. The van der Waals surface area contributed by atoms with Crippen molar-refractivity contribution in [2.24, 2.45) is 5.92 Å². The van der Waals surface area contributed by atoms with Gasteiger partial charge in [0, 0.05) is 55.1 Å². The number of hydrogen-bond acceptors (Lipinski definition) is 6. The van der Waals surface area contributed by atoms with Crippen molar-refractivity contribution in [3.8, 4) is 0 Å². The molecule has 3 heterocycles. The van der Waals surface area contributed by atoms with Crippen LogP contribution in [0.1, 0.15) is 59.7 Å². The van der Waals surface area contributed by atoms with E-state index < -0.39 is 6.10 Å². The van der Waals surface area contributed by atoms with Gasteiger partial charge in [-0.3, -0.25) is 15.6 Å². The van der Waals surface area contributed by atoms with Crippen molar-refractivity contribution >= 4 is 17.5 Å². The third-order valence-corrected chi connectivity index (χ3v) is 8.01. The van der Waals surface area contributed by atoms with E-state index in [9.17, 15) is 9.90 Å². The van der Waals surface area contributed by atoms with Crippen LogP contribution in [0.3, 0.4) is 0 Å². The first-order valence-corrected chi connectivity index (χ1v) is 12.8. The Kier molecular flexibility index (Phi) is 7.18. The van der Waals surface area contributed by atoms with E-state index in [1.165, 1.54) is 24.8 Å². The second kappa shape index (κ2) is 10.3. The molecule has 2 saturated heterocycles. The Morgan fingerprint density at radius 3 is 2.74 bits per heavy atom. The molecule has 5 rings (SSSR count). The van der Waals surface area contributed by atoms with Crippen molar-refractivity contribution in [3.63, 3.8) is 0 Å². The standard InChI is InChI=1S/C26H34ClN5O2/c1-32(15-23-20-3-2-4-21(20)30-31-23)26(34)17-7-5-16(6-8-17)13-19-10-11-22(29-19)25(33)18-9-12-24(27)28-14-18/h5-9,12,14,19-23,25,29-31,33H,2-4,10-11,13,15H2,1H3/t19-,20?,21?,22+,23?,25+/m0/s1. The molecule has 3 aliphatic rings. The van der Waals surface area contributed by atoms with Gasteiger partial charge in [0.25, 0.3) is 5.91 Å². The summed E-state index contributed by atoms with van der Waals surface area (Å²) in [6.07, 6.45) is 7.53. The molecule has 2 aromatic rings. The lowest BCUT2D eigenvalue weighted by molar-refractivity contribution is 0.0775. The maximum absolute atomic E-state index is 13.0. The van der Waals surface area contributed by atoms with Crippen LogP contribution in [0.25, 0.3) is 0 Å². The van der Waals surface area contributed by atoms with Crippen molar-refractivity contribution in [2.75, 3.05) is 13.6 Å². The minimum absolute atomic E-state index is 0.000581. The van der Waals surface area contributed by atoms with E-state index in [1.807, 2.05) is 30.1 Å². The van der Waals surface area contributed by atoms with Gasteiger partial charge in [-0.25, -0.2) is 4.98 Å². The van der Waals surface area contributed by atoms with E-state index in [4.69, 9.17) is 11.6 Å². The first-order valence-electron chi connectivity index (χ1n) is 12.4. The summed E-state index contributed by atoms with van der Waals surface area (Å²) in [5.74, 6) is 0.684. The van der Waals surface area contributed by atoms with Crippen LogP contribution in [-0.4, -0.2) is 58.7 Å². The molecule has 3 unspecified atom stereocenters. The summed E-state index contributed by atoms with van der Waals surface area (Å²) in [6, 6.07) is 12.7. The van der Waals surface area contributed by atoms with E-state index in [2.05, 4.69) is 33.3 Å². The van der Waals surface area contributed by atoms with E-state index in [1.54, 1.807) is 12.3 Å². The third kappa shape index (κ3) is 5.14. The van der Waals surface area contributed by atoms with Gasteiger partial charge >= 0.3 is 0 Å². The lowest BCUT2D eigenvalue weighted by Gasteiger charge is -2.24. The number of amides is 1. The zero-order chi connectivity index (χ0) is 23.7. The highest BCUT2D eigenvalue weighted by atomic mass is 35.5. The highest BCUT2D eigenvalue weighted by molar-refractivity contribution is 6.29. The number of rotatable bonds is 7. The molecule has 1 aromatic heterocycles. The van der Waals surface area contributed by atoms with Gasteiger partial charge in [-0.15, -0.1) is 0 Å². The fourth-order valence-corrected chi connectivity index (χ4v) is 5.98. The normalized spacial score (nSPS) is 29.2. The number of pyridine rings is 1. The first-order chi connectivity index (χ1) is 16.5. The van der Waals surface area contributed by atoms with Crippen molar-refractivity contribution in [1.29, 1.82) is 0 Å². The monoisotopic (exact) mass is 483 g/mol. The molecule has 8 heteroatoms. The highest BCUT2D eigenvalue weighted by Gasteiger charge is 2.39. The summed E-state index contributed by atoms with van der Waals surface area (Å²) in [6.45, 7) is 0.716. The number of nitrogens with one attached hydrogen (secondary N) is 3. The van der Waals surface area contributed by atoms with Gasteiger partial charge in [0.2, 0.25) is 0 Å². The number of aliphatic hydroxyl groups is 1. The summed E-state index contributed by atoms with van der Waals surface area (Å²) in [5, 5.41) is 14.7. The fraction of sp³-hybridized carbons (Fsp3) is 0.538. The Balaban J connectivity index is 1.12. The summed E-state index contributed by atoms with van der Waals surface area (Å²) in [5.41, 5.74) is 9.48. The molecule has 1 saturated carbocycles. The molecule has 0 spiro atoms. The molecular weight excluding hydrogens is 450 g/mol. The highest BCUT2D eigenvalue weighted by Crippen LogP contribution is 2.32. The van der Waals surface area contributed by atoms with E-state index in [0.29, 0.717) is 35.7 Å². The number of benzene rings is 1. The Morgan fingerprint density at radius 1 is 1.15 bits per heavy atom. The average Bonchev–Trinajstić information content (AvgIpc) is 3.58. The maximum Gasteiger partial charge on any atom is 0.253 e. The molecule has 182 valence electrons. The Morgan fingerprint density at radius 2 is 1.97 bits per heavy atom. The molecule has 2 aliphatic heterocycles. The lowest BCUT2D eigenvalue weighted by Crippen LogP contribution is -2.43. The van der Waals surface area contributed by atoms with Gasteiger partial charge in [-0.05, 0) is 61.8 Å². The predicted octanol–water partition coefficient (Wildman–Crippen LogP) is 2.85. The van der Waals surface area contributed by atoms with Crippen LogP contribution in [-0.2, 0) is 6.42 Å². The summed E-state index contributed by atoms with van der Waals surface area (Å²) in [4.78, 5) is 18.9. The fourth-order valence-electron chi connectivity index (χ4n) is 5.87. The molecule has 3 fully saturated rings. The first kappa shape index (κ1) is 23.7. The van der Waals surface area contributed by atoms with Crippen LogP contribution >= 0.6 is 11.6 Å². The van der Waals surface area contributed by atoms with Gasteiger partial charge < -0.3 is 15.3 Å². The van der Waals surface area contributed by atoms with Crippen molar-refractivity contribution in [3.05, 3.63) is 64.4 Å². The quantitative estimate of drug-likeness (QED) is 0.453. The minimum atomic E-state index is -0.602. The predicted molar refractivity (Wildman–Crippen MR) is 132 cm³/mol. The number of halogens is 1. The SMILES string of the molecule is CN(CC1NNC2CCCC21)C(=O)c1ccc(C[C@@H]2CC[C@H]([C@H](O)c3ccc(Cl)nc3)N2)cc1. The van der Waals surface area contributed by atoms with Crippen molar-refractivity contribution in [2.45, 2.75) is 68.8 Å². The van der Waals surface area contributed by atoms with Crippen LogP contribution in [0.15, 0.2) is 42.6 Å². The van der Waals surface area contributed by atoms with Crippen LogP contribution in [0.2, 0.25) is 5.15 Å². The molecule has 7 nitrogen and oxygen atoms in total. The maximum atomic E-state index is 13.0. The summed E-state index contributed by atoms with van der Waals surface area (Å²) in [7, 11) is 1.89. The number of aliphatic hydroxyl groups excluding tert-OH is 1. The average molecular weight is 484 g/mol. The number of carbonyl (C=O) groups excluding carboxylic acids is 1. The number of nitrogens with zero attached hydrogens (tertiary/aromatic N) is 2. The van der Waals surface area contributed by atoms with Gasteiger partial charge in [0.1, 0.15) is 5.15 Å². The lowest BCUT2D eigenvalue weighted by atomic mass is 9.97. The molecule has 34 heavy (non-hydrogen) atoms. The molecule has 1 aliphatic carbocycles.